The number of nitrogens with zero attached hydrogens (tertiary/aromatic N) is 3. The van der Waals surface area contributed by atoms with Crippen LogP contribution in [-0.4, -0.2) is 38.5 Å². The van der Waals surface area contributed by atoms with Crippen molar-refractivity contribution in [3.63, 3.8) is 0 Å². The first-order chi connectivity index (χ1) is 17.9. The monoisotopic (exact) mass is 536 g/mol. The molecule has 2 aromatic carbocycles. The summed E-state index contributed by atoms with van der Waals surface area (Å²) in [5.74, 6) is -0.527. The van der Waals surface area contributed by atoms with E-state index in [1.54, 1.807) is 18.3 Å². The van der Waals surface area contributed by atoms with Gasteiger partial charge in [-0.3, -0.25) is 15.1 Å². The van der Waals surface area contributed by atoms with Gasteiger partial charge in [0.05, 0.1) is 35.8 Å². The van der Waals surface area contributed by atoms with Crippen LogP contribution in [0.4, 0.5) is 10.6 Å². The first-order valence-corrected chi connectivity index (χ1v) is 12.3. The molecule has 1 saturated carbocycles. The number of carbonyl (C=O) groups excluding carboxylic acids is 1. The number of hydrogen-bond donors (Lipinski definition) is 2. The number of nitrogens with one attached hydrogen (secondary N) is 1. The Hall–Kier alpha value is -3.88. The van der Waals surface area contributed by atoms with Gasteiger partial charge in [0.2, 0.25) is 0 Å². The lowest BCUT2D eigenvalue weighted by atomic mass is 9.95. The fraction of sp³-hybridized carbons (Fsp3) is 0.185. The van der Waals surface area contributed by atoms with Gasteiger partial charge in [-0.1, -0.05) is 65.7 Å². The fourth-order valence-corrected chi connectivity index (χ4v) is 4.52. The van der Waals surface area contributed by atoms with Crippen LogP contribution in [0.3, 0.4) is 0 Å². The molecule has 1 aliphatic rings. The third-order valence-electron chi connectivity index (χ3n) is 6.39. The average Bonchev–Trinajstić information content (AvgIpc) is 3.65. The van der Waals surface area contributed by atoms with E-state index in [1.165, 1.54) is 10.9 Å². The van der Waals surface area contributed by atoms with E-state index in [1.807, 2.05) is 48.5 Å². The Labute approximate surface area is 222 Å². The van der Waals surface area contributed by atoms with E-state index in [4.69, 9.17) is 27.9 Å². The van der Waals surface area contributed by atoms with Crippen molar-refractivity contribution in [2.24, 2.45) is 0 Å². The van der Waals surface area contributed by atoms with Gasteiger partial charge in [-0.2, -0.15) is 5.10 Å². The molecule has 1 amide bonds. The number of carbonyl (C=O) groups is 2. The molecule has 188 valence electrons. The van der Waals surface area contributed by atoms with Crippen LogP contribution in [0.1, 0.15) is 24.0 Å². The molecule has 0 saturated heterocycles. The van der Waals surface area contributed by atoms with Crippen molar-refractivity contribution in [1.29, 1.82) is 0 Å². The number of rotatable bonds is 8. The molecule has 8 nitrogen and oxygen atoms in total. The smallest absolute Gasteiger partial charge is 0.412 e. The quantitative estimate of drug-likeness (QED) is 0.279. The second kappa shape index (κ2) is 10.2. The molecular formula is C27H22Cl2N4O4. The number of carboxylic acids is 1. The fourth-order valence-electron chi connectivity index (χ4n) is 4.12. The molecule has 2 heterocycles. The molecule has 37 heavy (non-hydrogen) atoms. The molecule has 0 spiro atoms. The van der Waals surface area contributed by atoms with Crippen molar-refractivity contribution < 1.29 is 19.4 Å². The van der Waals surface area contributed by atoms with Crippen molar-refractivity contribution in [2.75, 3.05) is 11.9 Å². The second-order valence-electron chi connectivity index (χ2n) is 8.72. The Balaban J connectivity index is 1.25. The molecule has 0 bridgehead atoms. The third-order valence-corrected chi connectivity index (χ3v) is 7.04. The predicted molar refractivity (Wildman–Crippen MR) is 140 cm³/mol. The van der Waals surface area contributed by atoms with Crippen LogP contribution in [0, 0.1) is 0 Å². The molecule has 0 atom stereocenters. The predicted octanol–water partition coefficient (Wildman–Crippen LogP) is 6.15. The van der Waals surface area contributed by atoms with Crippen LogP contribution in [0.25, 0.3) is 16.9 Å². The zero-order valence-corrected chi connectivity index (χ0v) is 21.0. The maximum atomic E-state index is 12.4. The summed E-state index contributed by atoms with van der Waals surface area (Å²) in [6, 6.07) is 18.4. The van der Waals surface area contributed by atoms with Crippen LogP contribution in [0.5, 0.6) is 0 Å². The highest BCUT2D eigenvalue weighted by molar-refractivity contribution is 6.33. The zero-order chi connectivity index (χ0) is 26.0. The van der Waals surface area contributed by atoms with E-state index < -0.39 is 17.5 Å². The minimum Gasteiger partial charge on any atom is -0.481 e. The summed E-state index contributed by atoms with van der Waals surface area (Å²) >= 11 is 12.4. The van der Waals surface area contributed by atoms with E-state index >= 15 is 0 Å². The third kappa shape index (κ3) is 5.16. The lowest BCUT2D eigenvalue weighted by molar-refractivity contribution is -0.140. The van der Waals surface area contributed by atoms with E-state index in [-0.39, 0.29) is 17.4 Å². The summed E-state index contributed by atoms with van der Waals surface area (Å²) in [4.78, 5) is 28.5. The molecule has 0 radical (unpaired) electrons. The largest absolute Gasteiger partial charge is 0.481 e. The maximum absolute atomic E-state index is 12.4. The van der Waals surface area contributed by atoms with Gasteiger partial charge in [-0.05, 0) is 42.2 Å². The summed E-state index contributed by atoms with van der Waals surface area (Å²) in [7, 11) is 0. The van der Waals surface area contributed by atoms with Gasteiger partial charge in [0.25, 0.3) is 0 Å². The first-order valence-electron chi connectivity index (χ1n) is 11.6. The number of ether oxygens (including phenoxy) is 1. The molecule has 2 aromatic heterocycles. The van der Waals surface area contributed by atoms with Gasteiger partial charge in [0, 0.05) is 17.0 Å². The number of hydrogen-bond acceptors (Lipinski definition) is 5. The maximum Gasteiger partial charge on any atom is 0.412 e. The van der Waals surface area contributed by atoms with Crippen molar-refractivity contribution >= 4 is 41.1 Å². The number of halogens is 2. The van der Waals surface area contributed by atoms with Crippen LogP contribution < -0.4 is 5.32 Å². The van der Waals surface area contributed by atoms with Crippen LogP contribution in [0.15, 0.2) is 73.1 Å². The van der Waals surface area contributed by atoms with Gasteiger partial charge >= 0.3 is 12.1 Å². The molecular weight excluding hydrogens is 515 g/mol. The summed E-state index contributed by atoms with van der Waals surface area (Å²) in [6.45, 7) is 0.143. The molecule has 4 aromatic rings. The molecule has 1 fully saturated rings. The van der Waals surface area contributed by atoms with Crippen molar-refractivity contribution in [2.45, 2.75) is 24.7 Å². The number of carboxylic acid groups (broad SMARTS) is 1. The minimum atomic E-state index is -0.783. The number of aliphatic carboxylic acids is 1. The summed E-state index contributed by atoms with van der Waals surface area (Å²) in [6.07, 6.45) is 4.15. The minimum absolute atomic E-state index is 0.143. The molecule has 0 unspecified atom stereocenters. The Bertz CT molecular complexity index is 1450. The number of pyridine rings is 1. The summed E-state index contributed by atoms with van der Waals surface area (Å²) in [5, 5.41) is 17.2. The van der Waals surface area contributed by atoms with Gasteiger partial charge in [0.15, 0.2) is 5.82 Å². The summed E-state index contributed by atoms with van der Waals surface area (Å²) in [5.41, 5.74) is 3.10. The topological polar surface area (TPSA) is 106 Å². The van der Waals surface area contributed by atoms with Crippen molar-refractivity contribution in [3.05, 3.63) is 94.2 Å². The zero-order valence-electron chi connectivity index (χ0n) is 19.5. The number of aromatic nitrogens is 3. The Morgan fingerprint density at radius 3 is 2.41 bits per heavy atom. The summed E-state index contributed by atoms with van der Waals surface area (Å²) < 4.78 is 6.75. The van der Waals surface area contributed by atoms with Crippen molar-refractivity contribution in [3.8, 4) is 16.9 Å². The Kier molecular flexibility index (Phi) is 6.86. The van der Waals surface area contributed by atoms with E-state index in [0.29, 0.717) is 35.7 Å². The highest BCUT2D eigenvalue weighted by Gasteiger charge is 2.51. The first kappa shape index (κ1) is 24.8. The Morgan fingerprint density at radius 1 is 1.00 bits per heavy atom. The average molecular weight is 537 g/mol. The standard InChI is InChI=1S/C27H22Cl2N4O4/c28-21-4-2-1-3-17(21)11-14-37-26(36)32-24-22(29)16-31-33(24)20-9-10-23(30-15-20)18-5-7-19(8-6-18)27(12-13-27)25(34)35/h1-10,15-16H,11-14H2,(H,32,36)(H,34,35). The second-order valence-corrected chi connectivity index (χ2v) is 9.54. The van der Waals surface area contributed by atoms with Gasteiger partial charge in [-0.15, -0.1) is 0 Å². The van der Waals surface area contributed by atoms with E-state index in [2.05, 4.69) is 15.4 Å². The molecule has 5 rings (SSSR count). The normalized spacial score (nSPS) is 13.7. The Morgan fingerprint density at radius 2 is 1.76 bits per heavy atom. The lowest BCUT2D eigenvalue weighted by Gasteiger charge is -2.12. The van der Waals surface area contributed by atoms with Gasteiger partial charge in [-0.25, -0.2) is 9.48 Å². The lowest BCUT2D eigenvalue weighted by Crippen LogP contribution is -2.19. The highest BCUT2D eigenvalue weighted by atomic mass is 35.5. The van der Waals surface area contributed by atoms with Crippen LogP contribution in [0.2, 0.25) is 10.0 Å². The van der Waals surface area contributed by atoms with Crippen LogP contribution in [-0.2, 0) is 21.4 Å². The van der Waals surface area contributed by atoms with Gasteiger partial charge < -0.3 is 9.84 Å². The van der Waals surface area contributed by atoms with Crippen LogP contribution >= 0.6 is 23.2 Å². The highest BCUT2D eigenvalue weighted by Crippen LogP contribution is 2.48. The molecule has 0 aliphatic heterocycles. The molecule has 2 N–H and O–H groups in total. The van der Waals surface area contributed by atoms with E-state index in [9.17, 15) is 14.7 Å². The number of benzene rings is 2. The van der Waals surface area contributed by atoms with Gasteiger partial charge in [0.1, 0.15) is 5.02 Å². The number of anilines is 1. The molecule has 10 heteroatoms. The van der Waals surface area contributed by atoms with Crippen molar-refractivity contribution in [1.82, 2.24) is 14.8 Å². The molecule has 1 aliphatic carbocycles. The SMILES string of the molecule is O=C(Nc1c(Cl)cnn1-c1ccc(-c2ccc(C3(C(=O)O)CC3)cc2)nc1)OCCc1ccccc1Cl. The van der Waals surface area contributed by atoms with E-state index in [0.717, 1.165) is 16.7 Å². The number of amides is 1.